The van der Waals surface area contributed by atoms with Crippen molar-refractivity contribution in [3.05, 3.63) is 7.05 Å². The molecule has 0 fully saturated rings. The van der Waals surface area contributed by atoms with Gasteiger partial charge in [-0.3, -0.25) is 7.05 Å². The van der Waals surface area contributed by atoms with Crippen molar-refractivity contribution in [1.29, 1.82) is 0 Å². The van der Waals surface area contributed by atoms with E-state index in [2.05, 4.69) is 25.8 Å². The Morgan fingerprint density at radius 1 is 1.38 bits per heavy atom. The molecule has 0 saturated heterocycles. The minimum Gasteiger partial charge on any atom is -0.459 e. The first kappa shape index (κ1) is 7.96. The zero-order chi connectivity index (χ0) is 6.41. The normalized spacial score (nSPS) is 10.5. The van der Waals surface area contributed by atoms with Crippen molar-refractivity contribution in [3.63, 3.8) is 0 Å². The average molecular weight is 114 g/mol. The summed E-state index contributed by atoms with van der Waals surface area (Å²) in [7, 11) is 3.83. The lowest BCUT2D eigenvalue weighted by Crippen LogP contribution is -2.15. The fraction of sp³-hybridized carbons (Fsp3) is 0.857. The van der Waals surface area contributed by atoms with Crippen molar-refractivity contribution in [3.8, 4) is 0 Å². The van der Waals surface area contributed by atoms with Crippen LogP contribution in [-0.2, 0) is 0 Å². The predicted molar refractivity (Wildman–Crippen MR) is 37.5 cm³/mol. The van der Waals surface area contributed by atoms with Crippen LogP contribution in [0.4, 0.5) is 0 Å². The summed E-state index contributed by atoms with van der Waals surface area (Å²) in [5.74, 6) is 0. The molecule has 0 aliphatic rings. The van der Waals surface area contributed by atoms with Crippen LogP contribution in [0.15, 0.2) is 0 Å². The van der Waals surface area contributed by atoms with Crippen LogP contribution in [0, 0.1) is 7.05 Å². The quantitative estimate of drug-likeness (QED) is 0.504. The van der Waals surface area contributed by atoms with Gasteiger partial charge in [0.15, 0.2) is 0 Å². The molecule has 0 atom stereocenters. The maximum absolute atomic E-state index is 3.83. The van der Waals surface area contributed by atoms with Gasteiger partial charge in [-0.15, -0.1) is 0 Å². The molecule has 0 heterocycles. The van der Waals surface area contributed by atoms with E-state index in [1.54, 1.807) is 0 Å². The molecule has 0 bridgehead atoms. The van der Waals surface area contributed by atoms with Gasteiger partial charge in [0.25, 0.3) is 0 Å². The molecule has 0 aliphatic carbocycles. The van der Waals surface area contributed by atoms with Gasteiger partial charge in [-0.1, -0.05) is 20.3 Å². The van der Waals surface area contributed by atoms with E-state index in [-0.39, 0.29) is 0 Å². The van der Waals surface area contributed by atoms with Crippen LogP contribution < -0.4 is 0 Å². The Labute approximate surface area is 52.7 Å². The first-order chi connectivity index (χ1) is 3.81. The van der Waals surface area contributed by atoms with Crippen LogP contribution in [0.1, 0.15) is 26.7 Å². The van der Waals surface area contributed by atoms with E-state index in [9.17, 15) is 0 Å². The highest BCUT2D eigenvalue weighted by Gasteiger charge is 1.82. The molecular weight excluding hydrogens is 98.1 g/mol. The maximum atomic E-state index is 3.83. The molecule has 0 aromatic carbocycles. The van der Waals surface area contributed by atoms with Crippen LogP contribution in [0.3, 0.4) is 0 Å². The van der Waals surface area contributed by atoms with Crippen molar-refractivity contribution in [2.24, 2.45) is 0 Å². The van der Waals surface area contributed by atoms with Crippen LogP contribution in [0.2, 0.25) is 0 Å². The van der Waals surface area contributed by atoms with Crippen molar-refractivity contribution >= 4 is 0 Å². The van der Waals surface area contributed by atoms with Crippen molar-refractivity contribution in [2.75, 3.05) is 13.1 Å². The highest BCUT2D eigenvalue weighted by Crippen LogP contribution is 1.90. The molecule has 0 aromatic heterocycles. The molecule has 0 saturated carbocycles. The summed E-state index contributed by atoms with van der Waals surface area (Å²) in [6.07, 6.45) is 2.54. The maximum Gasteiger partial charge on any atom is -0.0304 e. The summed E-state index contributed by atoms with van der Waals surface area (Å²) in [5, 5.41) is 0. The molecular formula is C7H16N-. The molecule has 0 N–H and O–H groups in total. The summed E-state index contributed by atoms with van der Waals surface area (Å²) in [4.78, 5) is 2.09. The second-order valence-corrected chi connectivity index (χ2v) is 2.06. The van der Waals surface area contributed by atoms with E-state index in [0.717, 1.165) is 13.1 Å². The zero-order valence-corrected chi connectivity index (χ0v) is 5.98. The molecule has 0 rings (SSSR count). The molecule has 0 aliphatic heterocycles. The molecule has 0 amide bonds. The second-order valence-electron chi connectivity index (χ2n) is 2.06. The Morgan fingerprint density at radius 3 is 2.38 bits per heavy atom. The summed E-state index contributed by atoms with van der Waals surface area (Å²) in [6.45, 7) is 6.54. The topological polar surface area (TPSA) is 3.24 Å². The van der Waals surface area contributed by atoms with E-state index < -0.39 is 0 Å². The Bertz CT molecular complexity index is 43.7. The molecule has 0 aromatic rings. The van der Waals surface area contributed by atoms with Gasteiger partial charge in [0.1, 0.15) is 0 Å². The van der Waals surface area contributed by atoms with Gasteiger partial charge in [0.2, 0.25) is 0 Å². The third kappa shape index (κ3) is 4.13. The first-order valence-electron chi connectivity index (χ1n) is 3.36. The van der Waals surface area contributed by atoms with Gasteiger partial charge in [0.05, 0.1) is 0 Å². The summed E-state index contributed by atoms with van der Waals surface area (Å²) < 4.78 is 0. The molecule has 1 heteroatoms. The van der Waals surface area contributed by atoms with Gasteiger partial charge in [-0.25, -0.2) is 0 Å². The Balaban J connectivity index is 2.86. The number of nitrogens with zero attached hydrogens (tertiary/aromatic N) is 1. The smallest absolute Gasteiger partial charge is 0.0304 e. The number of hydrogen-bond donors (Lipinski definition) is 0. The lowest BCUT2D eigenvalue weighted by atomic mass is 10.3. The minimum absolute atomic E-state index is 1.07. The van der Waals surface area contributed by atoms with Crippen LogP contribution in [0.5, 0.6) is 0 Å². The van der Waals surface area contributed by atoms with Crippen LogP contribution in [-0.4, -0.2) is 18.0 Å². The standard InChI is InChI=1S/C7H16N/c1-4-6-7-8(3)5-2/h3-7H2,1-2H3/q-1. The lowest BCUT2D eigenvalue weighted by molar-refractivity contribution is 0.381. The minimum atomic E-state index is 1.07. The summed E-state index contributed by atoms with van der Waals surface area (Å²) >= 11 is 0. The summed E-state index contributed by atoms with van der Waals surface area (Å²) in [5.41, 5.74) is 0. The molecule has 0 radical (unpaired) electrons. The van der Waals surface area contributed by atoms with E-state index in [1.165, 1.54) is 12.8 Å². The van der Waals surface area contributed by atoms with Gasteiger partial charge >= 0.3 is 0 Å². The Hall–Kier alpha value is -0.0400. The number of hydrogen-bond acceptors (Lipinski definition) is 1. The summed E-state index contributed by atoms with van der Waals surface area (Å²) in [6, 6.07) is 0. The fourth-order valence-corrected chi connectivity index (χ4v) is 0.540. The van der Waals surface area contributed by atoms with E-state index in [0.29, 0.717) is 0 Å². The number of rotatable bonds is 4. The van der Waals surface area contributed by atoms with Gasteiger partial charge in [-0.05, 0) is 19.5 Å². The first-order valence-corrected chi connectivity index (χ1v) is 3.36. The predicted octanol–water partition coefficient (Wildman–Crippen LogP) is 1.90. The van der Waals surface area contributed by atoms with E-state index in [4.69, 9.17) is 0 Å². The largest absolute Gasteiger partial charge is 0.459 e. The fourth-order valence-electron chi connectivity index (χ4n) is 0.540. The molecule has 8 heavy (non-hydrogen) atoms. The zero-order valence-electron chi connectivity index (χ0n) is 5.98. The highest BCUT2D eigenvalue weighted by atomic mass is 15.1. The molecule has 50 valence electrons. The molecule has 0 unspecified atom stereocenters. The second kappa shape index (κ2) is 5.10. The van der Waals surface area contributed by atoms with Crippen LogP contribution >= 0.6 is 0 Å². The SMILES string of the molecule is [CH2-]N(CC)CCCC. The van der Waals surface area contributed by atoms with Gasteiger partial charge < -0.3 is 4.90 Å². The van der Waals surface area contributed by atoms with E-state index >= 15 is 0 Å². The van der Waals surface area contributed by atoms with Gasteiger partial charge in [0, 0.05) is 0 Å². The van der Waals surface area contributed by atoms with Gasteiger partial charge in [-0.2, -0.15) is 0 Å². The van der Waals surface area contributed by atoms with Crippen molar-refractivity contribution in [1.82, 2.24) is 4.90 Å². The molecule has 0 spiro atoms. The molecule has 1 nitrogen and oxygen atoms in total. The number of unbranched alkanes of at least 4 members (excludes halogenated alkanes) is 1. The third-order valence-corrected chi connectivity index (χ3v) is 1.28. The third-order valence-electron chi connectivity index (χ3n) is 1.28. The Morgan fingerprint density at radius 2 is 2.00 bits per heavy atom. The van der Waals surface area contributed by atoms with Crippen molar-refractivity contribution in [2.45, 2.75) is 26.7 Å². The van der Waals surface area contributed by atoms with Crippen molar-refractivity contribution < 1.29 is 0 Å². The Kier molecular flexibility index (Phi) is 5.08. The average Bonchev–Trinajstić information content (AvgIpc) is 1.83. The van der Waals surface area contributed by atoms with E-state index in [1.807, 2.05) is 0 Å². The lowest BCUT2D eigenvalue weighted by Gasteiger charge is -2.21. The monoisotopic (exact) mass is 114 g/mol. The highest BCUT2D eigenvalue weighted by molar-refractivity contribution is 4.49. The van der Waals surface area contributed by atoms with Crippen LogP contribution in [0.25, 0.3) is 0 Å².